The Kier molecular flexibility index (Phi) is 5.54. The van der Waals surface area contributed by atoms with Gasteiger partial charge in [-0.3, -0.25) is 14.7 Å². The number of thiazole rings is 1. The van der Waals surface area contributed by atoms with Crippen molar-refractivity contribution in [2.75, 3.05) is 32.8 Å². The number of fused-ring (bicyclic) bond motifs is 3. The molecule has 0 unspecified atom stereocenters. The number of H-pyrrole nitrogens is 1. The zero-order valence-corrected chi connectivity index (χ0v) is 19.8. The van der Waals surface area contributed by atoms with Crippen molar-refractivity contribution in [2.24, 2.45) is 0 Å². The van der Waals surface area contributed by atoms with Crippen molar-refractivity contribution >= 4 is 23.2 Å². The number of amides is 2. The number of carbonyl (C=O) groups is 2. The number of piperazine rings is 1. The molecule has 8 nitrogen and oxygen atoms in total. The van der Waals surface area contributed by atoms with E-state index in [0.717, 1.165) is 33.0 Å². The number of carbonyl (C=O) groups excluding carboxylic acids is 2. The largest absolute Gasteiger partial charge is 0.492 e. The van der Waals surface area contributed by atoms with Gasteiger partial charge in [0.15, 0.2) is 5.01 Å². The third kappa shape index (κ3) is 4.08. The molecule has 1 fully saturated rings. The van der Waals surface area contributed by atoms with E-state index < -0.39 is 0 Å². The molecule has 4 aromatic rings. The van der Waals surface area contributed by atoms with E-state index in [1.165, 1.54) is 11.3 Å². The normalized spacial score (nSPS) is 15.1. The highest BCUT2D eigenvalue weighted by atomic mass is 32.1. The molecule has 6 rings (SSSR count). The van der Waals surface area contributed by atoms with E-state index in [9.17, 15) is 9.59 Å². The molecule has 1 N–H and O–H groups in total. The summed E-state index contributed by atoms with van der Waals surface area (Å²) in [5.41, 5.74) is 4.39. The summed E-state index contributed by atoms with van der Waals surface area (Å²) in [6.07, 6.45) is 4.32. The van der Waals surface area contributed by atoms with Gasteiger partial charge in [-0.15, -0.1) is 11.3 Å². The van der Waals surface area contributed by atoms with E-state index in [2.05, 4.69) is 10.2 Å². The lowest BCUT2D eigenvalue weighted by atomic mass is 10.0. The van der Waals surface area contributed by atoms with Crippen LogP contribution in [0.5, 0.6) is 5.75 Å². The van der Waals surface area contributed by atoms with Gasteiger partial charge in [0, 0.05) is 60.4 Å². The van der Waals surface area contributed by atoms with Crippen molar-refractivity contribution < 1.29 is 14.3 Å². The Morgan fingerprint density at radius 1 is 0.943 bits per heavy atom. The molecule has 0 atom stereocenters. The van der Waals surface area contributed by atoms with E-state index in [4.69, 9.17) is 9.72 Å². The lowest BCUT2D eigenvalue weighted by Gasteiger charge is -2.34. The van der Waals surface area contributed by atoms with Gasteiger partial charge in [-0.1, -0.05) is 24.3 Å². The van der Waals surface area contributed by atoms with Crippen LogP contribution in [-0.4, -0.2) is 69.6 Å². The Morgan fingerprint density at radius 3 is 2.46 bits per heavy atom. The predicted molar refractivity (Wildman–Crippen MR) is 133 cm³/mol. The molecule has 9 heteroatoms. The molecule has 0 radical (unpaired) electrons. The summed E-state index contributed by atoms with van der Waals surface area (Å²) in [7, 11) is 0. The minimum Gasteiger partial charge on any atom is -0.492 e. The summed E-state index contributed by atoms with van der Waals surface area (Å²) in [5, 5.41) is 7.35. The van der Waals surface area contributed by atoms with Crippen LogP contribution in [0, 0.1) is 0 Å². The molecular formula is C26H23N5O3S. The monoisotopic (exact) mass is 485 g/mol. The Hall–Kier alpha value is -3.98. The molecule has 2 aliphatic heterocycles. The molecule has 2 amide bonds. The first-order valence-electron chi connectivity index (χ1n) is 11.6. The first-order valence-corrected chi connectivity index (χ1v) is 12.4. The first-order chi connectivity index (χ1) is 17.2. The average molecular weight is 486 g/mol. The van der Waals surface area contributed by atoms with Crippen LogP contribution in [-0.2, 0) is 6.42 Å². The zero-order valence-electron chi connectivity index (χ0n) is 18.9. The lowest BCUT2D eigenvalue weighted by Crippen LogP contribution is -2.50. The second kappa shape index (κ2) is 8.99. The van der Waals surface area contributed by atoms with Crippen LogP contribution in [0.3, 0.4) is 0 Å². The van der Waals surface area contributed by atoms with E-state index >= 15 is 0 Å². The number of nitrogens with one attached hydrogen (secondary N) is 1. The smallest absolute Gasteiger partial charge is 0.282 e. The molecular weight excluding hydrogens is 462 g/mol. The second-order valence-corrected chi connectivity index (χ2v) is 9.62. The van der Waals surface area contributed by atoms with Crippen LogP contribution in [0.1, 0.15) is 25.0 Å². The molecule has 176 valence electrons. The molecule has 0 aliphatic carbocycles. The SMILES string of the molecule is O=C(c1ccccc1)N1CCN(C(=O)c2nc3c(s2)CCOc2cc(-c4cn[nH]c4)ccc2-3)CC1. The fourth-order valence-corrected chi connectivity index (χ4v) is 5.54. The van der Waals surface area contributed by atoms with Crippen molar-refractivity contribution in [3.8, 4) is 28.1 Å². The van der Waals surface area contributed by atoms with Crippen LogP contribution < -0.4 is 4.74 Å². The highest BCUT2D eigenvalue weighted by molar-refractivity contribution is 7.14. The third-order valence-electron chi connectivity index (χ3n) is 6.41. The summed E-state index contributed by atoms with van der Waals surface area (Å²) in [6, 6.07) is 15.3. The van der Waals surface area contributed by atoms with Crippen LogP contribution in [0.25, 0.3) is 22.4 Å². The van der Waals surface area contributed by atoms with E-state index in [1.54, 1.807) is 16.0 Å². The molecule has 0 saturated carbocycles. The van der Waals surface area contributed by atoms with E-state index in [0.29, 0.717) is 49.8 Å². The fraction of sp³-hybridized carbons (Fsp3) is 0.231. The molecule has 1 saturated heterocycles. The Morgan fingerprint density at radius 2 is 1.71 bits per heavy atom. The quantitative estimate of drug-likeness (QED) is 0.477. The molecule has 2 aliphatic rings. The maximum absolute atomic E-state index is 13.3. The maximum atomic E-state index is 13.3. The summed E-state index contributed by atoms with van der Waals surface area (Å²) in [6.45, 7) is 2.55. The third-order valence-corrected chi connectivity index (χ3v) is 7.51. The molecule has 0 spiro atoms. The van der Waals surface area contributed by atoms with Crippen molar-refractivity contribution in [1.82, 2.24) is 25.0 Å². The number of hydrogen-bond donors (Lipinski definition) is 1. The second-order valence-electron chi connectivity index (χ2n) is 8.54. The zero-order chi connectivity index (χ0) is 23.8. The summed E-state index contributed by atoms with van der Waals surface area (Å²) in [4.78, 5) is 35.5. The Bertz CT molecular complexity index is 1380. The van der Waals surface area contributed by atoms with Crippen LogP contribution >= 0.6 is 11.3 Å². The highest BCUT2D eigenvalue weighted by Crippen LogP contribution is 2.39. The number of benzene rings is 2. The number of aromatic amines is 1. The van der Waals surface area contributed by atoms with Crippen LogP contribution in [0.15, 0.2) is 60.9 Å². The number of rotatable bonds is 3. The molecule has 2 aromatic heterocycles. The van der Waals surface area contributed by atoms with Crippen molar-refractivity contribution in [3.63, 3.8) is 0 Å². The fourth-order valence-electron chi connectivity index (χ4n) is 4.51. The van der Waals surface area contributed by atoms with Gasteiger partial charge in [-0.25, -0.2) is 4.98 Å². The Balaban J connectivity index is 1.19. The summed E-state index contributed by atoms with van der Waals surface area (Å²) >= 11 is 1.44. The standard InChI is InChI=1S/C26H23N5O3S/c32-25(17-4-2-1-3-5-17)30-9-11-31(12-10-30)26(33)24-29-23-20-7-6-18(19-15-27-28-16-19)14-21(20)34-13-8-22(23)35-24/h1-7,14-16H,8-13H2,(H,27,28). The first kappa shape index (κ1) is 21.5. The van der Waals surface area contributed by atoms with E-state index in [1.807, 2.05) is 54.7 Å². The number of nitrogens with zero attached hydrogens (tertiary/aromatic N) is 4. The minimum atomic E-state index is -0.0765. The molecule has 0 bridgehead atoms. The Labute approximate surface area is 206 Å². The molecule has 35 heavy (non-hydrogen) atoms. The van der Waals surface area contributed by atoms with Gasteiger partial charge in [0.05, 0.1) is 18.5 Å². The minimum absolute atomic E-state index is 0.00468. The van der Waals surface area contributed by atoms with Crippen molar-refractivity contribution in [3.05, 3.63) is 76.4 Å². The van der Waals surface area contributed by atoms with Crippen molar-refractivity contribution in [2.45, 2.75) is 6.42 Å². The van der Waals surface area contributed by atoms with Crippen molar-refractivity contribution in [1.29, 1.82) is 0 Å². The van der Waals surface area contributed by atoms with Crippen LogP contribution in [0.4, 0.5) is 0 Å². The lowest BCUT2D eigenvalue weighted by molar-refractivity contribution is 0.0535. The predicted octanol–water partition coefficient (Wildman–Crippen LogP) is 3.73. The van der Waals surface area contributed by atoms with Gasteiger partial charge in [0.1, 0.15) is 5.75 Å². The molecule has 2 aromatic carbocycles. The van der Waals surface area contributed by atoms with Gasteiger partial charge in [0.25, 0.3) is 11.8 Å². The maximum Gasteiger partial charge on any atom is 0.282 e. The number of ether oxygens (including phenoxy) is 1. The van der Waals surface area contributed by atoms with Gasteiger partial charge >= 0.3 is 0 Å². The van der Waals surface area contributed by atoms with Crippen LogP contribution in [0.2, 0.25) is 0 Å². The highest BCUT2D eigenvalue weighted by Gasteiger charge is 2.29. The van der Waals surface area contributed by atoms with Gasteiger partial charge in [-0.2, -0.15) is 5.10 Å². The summed E-state index contributed by atoms with van der Waals surface area (Å²) in [5.74, 6) is 0.692. The summed E-state index contributed by atoms with van der Waals surface area (Å²) < 4.78 is 6.02. The van der Waals surface area contributed by atoms with E-state index in [-0.39, 0.29) is 11.8 Å². The van der Waals surface area contributed by atoms with Gasteiger partial charge in [0.2, 0.25) is 0 Å². The molecule has 4 heterocycles. The van der Waals surface area contributed by atoms with Gasteiger partial charge in [-0.05, 0) is 29.8 Å². The average Bonchev–Trinajstić information content (AvgIpc) is 3.56. The number of aromatic nitrogens is 3. The number of hydrogen-bond acceptors (Lipinski definition) is 6. The topological polar surface area (TPSA) is 91.4 Å². The van der Waals surface area contributed by atoms with Gasteiger partial charge < -0.3 is 14.5 Å².